The van der Waals surface area contributed by atoms with Gasteiger partial charge in [-0.1, -0.05) is 52.0 Å². The zero-order valence-electron chi connectivity index (χ0n) is 16.0. The van der Waals surface area contributed by atoms with Crippen molar-refractivity contribution in [1.29, 1.82) is 0 Å². The molecule has 0 amide bonds. The minimum absolute atomic E-state index is 0. The van der Waals surface area contributed by atoms with Crippen molar-refractivity contribution in [2.75, 3.05) is 6.61 Å². The molecule has 0 saturated heterocycles. The fraction of sp³-hybridized carbons (Fsp3) is 0.600. The van der Waals surface area contributed by atoms with Crippen molar-refractivity contribution in [2.24, 2.45) is 0 Å². The van der Waals surface area contributed by atoms with Crippen molar-refractivity contribution >= 4 is 5.97 Å². The fourth-order valence-electron chi connectivity index (χ4n) is 3.16. The first-order valence-corrected chi connectivity index (χ1v) is 8.43. The van der Waals surface area contributed by atoms with Crippen LogP contribution in [0.15, 0.2) is 17.2 Å². The molecule has 0 aromatic heterocycles. The van der Waals surface area contributed by atoms with Crippen LogP contribution in [0.3, 0.4) is 0 Å². The van der Waals surface area contributed by atoms with Crippen LogP contribution in [0, 0.1) is 26.0 Å². The van der Waals surface area contributed by atoms with Crippen LogP contribution in [0.5, 0.6) is 0 Å². The number of ether oxygens (including phenoxy) is 2. The topological polar surface area (TPSA) is 95.2 Å². The third-order valence-corrected chi connectivity index (χ3v) is 4.29. The Morgan fingerprint density at radius 1 is 1.15 bits per heavy atom. The molecular weight excluding hydrogens is 520 g/mol. The molecule has 0 aromatic rings. The van der Waals surface area contributed by atoms with Gasteiger partial charge in [-0.15, -0.1) is 0 Å². The average molecular weight is 545 g/mol. The Morgan fingerprint density at radius 3 is 1.93 bits per heavy atom. The molecule has 1 saturated carbocycles. The molecule has 0 N–H and O–H groups in total. The minimum atomic E-state index is -0.559. The molecule has 2 aliphatic heterocycles. The summed E-state index contributed by atoms with van der Waals surface area (Å²) < 4.78 is 33.3. The van der Waals surface area contributed by atoms with E-state index in [-0.39, 0.29) is 33.1 Å². The van der Waals surface area contributed by atoms with Gasteiger partial charge in [0.25, 0.3) is 0 Å². The van der Waals surface area contributed by atoms with Crippen molar-refractivity contribution in [1.82, 2.24) is 0 Å². The maximum absolute atomic E-state index is 11.7. The van der Waals surface area contributed by atoms with Gasteiger partial charge in [-0.3, -0.25) is 0 Å². The summed E-state index contributed by atoms with van der Waals surface area (Å²) >= 11 is 0. The van der Waals surface area contributed by atoms with Crippen LogP contribution in [-0.4, -0.2) is 24.3 Å². The molecule has 1 fully saturated rings. The largest absolute Gasteiger partial charge is 2.00 e. The van der Waals surface area contributed by atoms with Crippen LogP contribution >= 0.6 is 0 Å². The number of rotatable bonds is 3. The summed E-state index contributed by atoms with van der Waals surface area (Å²) in [5.41, 5.74) is 1.09. The van der Waals surface area contributed by atoms with Gasteiger partial charge in [0.1, 0.15) is 0 Å². The number of carbonyl (C=O) groups is 1. The Kier molecular flexibility index (Phi) is 20.6. The Morgan fingerprint density at radius 2 is 1.59 bits per heavy atom. The third kappa shape index (κ3) is 8.58. The van der Waals surface area contributed by atoms with Gasteiger partial charge in [-0.05, 0) is 19.4 Å². The van der Waals surface area contributed by atoms with Crippen LogP contribution in [0.25, 0.3) is 0 Å². The normalized spacial score (nSPS) is 22.8. The summed E-state index contributed by atoms with van der Waals surface area (Å²) in [6.07, 6.45) is 13.1. The Labute approximate surface area is 176 Å². The summed E-state index contributed by atoms with van der Waals surface area (Å²) in [5.74, 6) is -0.261. The van der Waals surface area contributed by atoms with Gasteiger partial charge < -0.3 is 15.5 Å². The van der Waals surface area contributed by atoms with Crippen molar-refractivity contribution in [3.63, 3.8) is 0 Å². The second-order valence-corrected chi connectivity index (χ2v) is 5.56. The van der Waals surface area contributed by atoms with Crippen molar-refractivity contribution < 1.29 is 49.3 Å². The first-order valence-electron chi connectivity index (χ1n) is 8.43. The molecule has 0 spiro atoms. The Bertz CT molecular complexity index is 521. The van der Waals surface area contributed by atoms with Gasteiger partial charge in [-0.2, -0.15) is 0 Å². The molecule has 146 valence electrons. The molecule has 2 atom stereocenters. The van der Waals surface area contributed by atoms with Crippen molar-refractivity contribution in [2.45, 2.75) is 71.0 Å². The van der Waals surface area contributed by atoms with E-state index in [9.17, 15) is 4.79 Å². The van der Waals surface area contributed by atoms with E-state index in [2.05, 4.69) is 26.0 Å². The summed E-state index contributed by atoms with van der Waals surface area (Å²) in [4.78, 5) is 11.7. The van der Waals surface area contributed by atoms with Crippen molar-refractivity contribution in [3.05, 3.63) is 43.2 Å². The summed E-state index contributed by atoms with van der Waals surface area (Å²) in [6, 6.07) is 0. The quantitative estimate of drug-likeness (QED) is 0.308. The summed E-state index contributed by atoms with van der Waals surface area (Å²) in [6.45, 7) is 19.7. The molecule has 2 heterocycles. The molecular formula is C20H25O6W+. The van der Waals surface area contributed by atoms with E-state index in [0.29, 0.717) is 12.2 Å². The van der Waals surface area contributed by atoms with E-state index in [1.54, 1.807) is 6.92 Å². The SMILES string of the molecule is C1CCCC1.CCOC(=O)C1=C[C@H]2[C-]=C(C)[C@]1(CC)O2.[C-]#[O+].[C-]#[O+].[C-]#[O+].[W+2]. The van der Waals surface area contributed by atoms with Gasteiger partial charge in [0.2, 0.25) is 0 Å². The van der Waals surface area contributed by atoms with Crippen molar-refractivity contribution in [3.8, 4) is 0 Å². The maximum Gasteiger partial charge on any atom is 2.00 e. The number of esters is 1. The molecule has 27 heavy (non-hydrogen) atoms. The van der Waals surface area contributed by atoms with Gasteiger partial charge in [0, 0.05) is 0 Å². The molecule has 7 heteroatoms. The fourth-order valence-corrected chi connectivity index (χ4v) is 3.16. The minimum Gasteiger partial charge on any atom is 2.00 e. The molecule has 3 rings (SSSR count). The summed E-state index contributed by atoms with van der Waals surface area (Å²) in [7, 11) is 0. The zero-order chi connectivity index (χ0) is 20.6. The number of fused-ring (bicyclic) bond motifs is 2. The summed E-state index contributed by atoms with van der Waals surface area (Å²) in [5, 5.41) is 0. The first-order chi connectivity index (χ1) is 12.6. The Hall–Kier alpha value is -1.18. The van der Waals surface area contributed by atoms with Gasteiger partial charge in [0.15, 0.2) is 0 Å². The van der Waals surface area contributed by atoms with Crippen LogP contribution in [0.2, 0.25) is 0 Å². The van der Waals surface area contributed by atoms with Gasteiger partial charge >= 0.3 is 60.9 Å². The molecule has 0 aromatic carbocycles. The van der Waals surface area contributed by atoms with E-state index >= 15 is 0 Å². The van der Waals surface area contributed by atoms with E-state index in [1.165, 1.54) is 32.1 Å². The van der Waals surface area contributed by atoms with Crippen LogP contribution < -0.4 is 0 Å². The molecule has 0 radical (unpaired) electrons. The van der Waals surface area contributed by atoms with Crippen LogP contribution in [0.1, 0.15) is 59.3 Å². The van der Waals surface area contributed by atoms with E-state index < -0.39 is 5.60 Å². The monoisotopic (exact) mass is 545 g/mol. The van der Waals surface area contributed by atoms with Crippen LogP contribution in [0.4, 0.5) is 0 Å². The van der Waals surface area contributed by atoms with Crippen LogP contribution in [-0.2, 0) is 49.3 Å². The standard InChI is InChI=1S/C12H15O3.C5H10.3CO.W/c1-4-12-8(3)6-9(15-12)7-10(12)11(13)14-5-2;1-2-4-5-3-1;3*1-2;/h7,9H,4-5H2,1-3H3;1-5H2;;;;/q-1;;;;;+2/t9-,12+;;;;;/m1...../s1. The third-order valence-electron chi connectivity index (χ3n) is 4.29. The average Bonchev–Trinajstić information content (AvgIpc) is 3.44. The molecule has 2 bridgehead atoms. The Balaban J connectivity index is -0.000000403. The second kappa shape index (κ2) is 18.2. The smallest absolute Gasteiger partial charge is 2.00 e. The van der Waals surface area contributed by atoms with E-state index in [0.717, 1.165) is 12.0 Å². The second-order valence-electron chi connectivity index (χ2n) is 5.56. The zero-order valence-corrected chi connectivity index (χ0v) is 18.9. The predicted octanol–water partition coefficient (Wildman–Crippen LogP) is 3.62. The molecule has 3 aliphatic rings. The number of hydrogen-bond acceptors (Lipinski definition) is 3. The molecule has 0 unspecified atom stereocenters. The maximum atomic E-state index is 11.7. The molecule has 6 nitrogen and oxygen atoms in total. The number of carbonyl (C=O) groups excluding carboxylic acids is 1. The van der Waals surface area contributed by atoms with E-state index in [1.807, 2.05) is 19.9 Å². The van der Waals surface area contributed by atoms with E-state index in [4.69, 9.17) is 23.4 Å². The predicted molar refractivity (Wildman–Crippen MR) is 89.9 cm³/mol. The number of hydrogen-bond donors (Lipinski definition) is 0. The van der Waals surface area contributed by atoms with Gasteiger partial charge in [-0.25, -0.2) is 10.4 Å². The van der Waals surface area contributed by atoms with Gasteiger partial charge in [0.05, 0.1) is 17.8 Å². The first kappa shape index (κ1) is 30.5. The molecule has 1 aliphatic carbocycles.